The third-order valence-electron chi connectivity index (χ3n) is 3.61. The van der Waals surface area contributed by atoms with Crippen LogP contribution < -0.4 is 24.3 Å². The van der Waals surface area contributed by atoms with Crippen molar-refractivity contribution in [3.63, 3.8) is 0 Å². The lowest BCUT2D eigenvalue weighted by atomic mass is 10.1. The molecule has 2 aromatic carbocycles. The zero-order chi connectivity index (χ0) is 20.0. The highest BCUT2D eigenvalue weighted by Crippen LogP contribution is 2.35. The molecule has 9 heteroatoms. The second kappa shape index (κ2) is 9.40. The van der Waals surface area contributed by atoms with E-state index in [-0.39, 0.29) is 24.0 Å². The van der Waals surface area contributed by atoms with Crippen molar-refractivity contribution in [1.29, 1.82) is 0 Å². The molecule has 0 spiro atoms. The summed E-state index contributed by atoms with van der Waals surface area (Å²) in [5.74, 6) is 0.568. The number of rotatable bonds is 8. The number of alkyl halides is 2. The van der Waals surface area contributed by atoms with E-state index in [2.05, 4.69) is 26.0 Å². The van der Waals surface area contributed by atoms with Crippen LogP contribution in [0.2, 0.25) is 0 Å². The van der Waals surface area contributed by atoms with Gasteiger partial charge in [-0.3, -0.25) is 4.79 Å². The molecule has 0 unspecified atom stereocenters. The predicted molar refractivity (Wildman–Crippen MR) is 98.0 cm³/mol. The summed E-state index contributed by atoms with van der Waals surface area (Å²) in [6.45, 7) is -2.88. The highest BCUT2D eigenvalue weighted by atomic mass is 79.9. The number of ether oxygens (including phenoxy) is 4. The minimum atomic E-state index is -2.98. The van der Waals surface area contributed by atoms with E-state index in [9.17, 15) is 13.6 Å². The van der Waals surface area contributed by atoms with Crippen molar-refractivity contribution in [3.8, 4) is 23.0 Å². The Balaban J connectivity index is 2.16. The first-order valence-electron chi connectivity index (χ1n) is 7.71. The second-order valence-corrected chi connectivity index (χ2v) is 6.03. The van der Waals surface area contributed by atoms with Crippen LogP contribution in [0.1, 0.15) is 15.9 Å². The number of methoxy groups -OCH3 is 3. The van der Waals surface area contributed by atoms with E-state index in [1.54, 1.807) is 18.2 Å². The Kier molecular flexibility index (Phi) is 7.23. The van der Waals surface area contributed by atoms with Crippen molar-refractivity contribution < 1.29 is 32.5 Å². The number of nitrogens with one attached hydrogen (secondary N) is 1. The van der Waals surface area contributed by atoms with Crippen LogP contribution in [0.4, 0.5) is 8.78 Å². The van der Waals surface area contributed by atoms with E-state index in [0.717, 1.165) is 0 Å². The van der Waals surface area contributed by atoms with Crippen LogP contribution in [-0.2, 0) is 6.54 Å². The third-order valence-corrected chi connectivity index (χ3v) is 4.39. The van der Waals surface area contributed by atoms with Crippen LogP contribution in [0.25, 0.3) is 0 Å². The van der Waals surface area contributed by atoms with Crippen LogP contribution in [0, 0.1) is 0 Å². The fourth-order valence-electron chi connectivity index (χ4n) is 2.30. The van der Waals surface area contributed by atoms with Crippen molar-refractivity contribution in [1.82, 2.24) is 5.32 Å². The van der Waals surface area contributed by atoms with Gasteiger partial charge in [0, 0.05) is 12.1 Å². The Bertz CT molecular complexity index is 791. The average Bonchev–Trinajstić information content (AvgIpc) is 2.66. The van der Waals surface area contributed by atoms with Crippen LogP contribution in [0.15, 0.2) is 34.8 Å². The first kappa shape index (κ1) is 20.8. The van der Waals surface area contributed by atoms with E-state index >= 15 is 0 Å². The zero-order valence-corrected chi connectivity index (χ0v) is 16.4. The molecular formula is C18H18BrF2NO5. The first-order valence-corrected chi connectivity index (χ1v) is 8.50. The molecule has 0 aliphatic heterocycles. The first-order chi connectivity index (χ1) is 12.9. The van der Waals surface area contributed by atoms with Gasteiger partial charge in [0.2, 0.25) is 0 Å². The number of hydrogen-bond acceptors (Lipinski definition) is 5. The molecule has 0 atom stereocenters. The minimum absolute atomic E-state index is 0.100. The Morgan fingerprint density at radius 3 is 2.11 bits per heavy atom. The molecule has 1 N–H and O–H groups in total. The number of carbonyl (C=O) groups is 1. The highest BCUT2D eigenvalue weighted by molar-refractivity contribution is 9.10. The zero-order valence-electron chi connectivity index (χ0n) is 14.8. The average molecular weight is 446 g/mol. The molecule has 6 nitrogen and oxygen atoms in total. The molecule has 0 aliphatic rings. The standard InChI is InChI=1S/C18H18BrF2NO5/c1-24-12-5-4-10(6-13(12)27-18(20)21)9-22-17(23)11-7-14(25-2)16(19)15(8-11)26-3/h4-8,18H,9H2,1-3H3,(H,22,23). The third kappa shape index (κ3) is 5.22. The number of carbonyl (C=O) groups excluding carboxylic acids is 1. The SMILES string of the molecule is COc1ccc(CNC(=O)c2cc(OC)c(Br)c(OC)c2)cc1OC(F)F. The number of amides is 1. The van der Waals surface area contributed by atoms with Crippen molar-refractivity contribution in [2.24, 2.45) is 0 Å². The van der Waals surface area contributed by atoms with Gasteiger partial charge in [0.15, 0.2) is 11.5 Å². The lowest BCUT2D eigenvalue weighted by Gasteiger charge is -2.13. The Hall–Kier alpha value is -2.55. The Labute approximate surface area is 163 Å². The number of halogens is 3. The number of hydrogen-bond donors (Lipinski definition) is 1. The van der Waals surface area contributed by atoms with Crippen molar-refractivity contribution in [2.45, 2.75) is 13.2 Å². The molecular weight excluding hydrogens is 428 g/mol. The topological polar surface area (TPSA) is 66.0 Å². The molecule has 2 rings (SSSR count). The fourth-order valence-corrected chi connectivity index (χ4v) is 2.86. The van der Waals surface area contributed by atoms with Gasteiger partial charge in [0.25, 0.3) is 5.91 Å². The fraction of sp³-hybridized carbons (Fsp3) is 0.278. The lowest BCUT2D eigenvalue weighted by Crippen LogP contribution is -2.23. The maximum absolute atomic E-state index is 12.5. The second-order valence-electron chi connectivity index (χ2n) is 5.24. The Morgan fingerprint density at radius 1 is 1.00 bits per heavy atom. The molecule has 0 aliphatic carbocycles. The molecule has 0 saturated carbocycles. The van der Waals surface area contributed by atoms with Gasteiger partial charge in [-0.25, -0.2) is 0 Å². The van der Waals surface area contributed by atoms with Crippen LogP contribution >= 0.6 is 15.9 Å². The van der Waals surface area contributed by atoms with E-state index < -0.39 is 6.61 Å². The summed E-state index contributed by atoms with van der Waals surface area (Å²) in [5, 5.41) is 2.71. The normalized spacial score (nSPS) is 10.5. The quantitative estimate of drug-likeness (QED) is 0.664. The molecule has 146 valence electrons. The van der Waals surface area contributed by atoms with E-state index in [1.165, 1.54) is 33.5 Å². The van der Waals surface area contributed by atoms with Crippen molar-refractivity contribution >= 4 is 21.8 Å². The highest BCUT2D eigenvalue weighted by Gasteiger charge is 2.15. The van der Waals surface area contributed by atoms with Crippen LogP contribution in [0.5, 0.6) is 23.0 Å². The summed E-state index contributed by atoms with van der Waals surface area (Å²) in [6, 6.07) is 7.63. The lowest BCUT2D eigenvalue weighted by molar-refractivity contribution is -0.0512. The molecule has 0 aromatic heterocycles. The molecule has 0 radical (unpaired) electrons. The van der Waals surface area contributed by atoms with Crippen molar-refractivity contribution in [3.05, 3.63) is 45.9 Å². The van der Waals surface area contributed by atoms with Gasteiger partial charge < -0.3 is 24.3 Å². The maximum Gasteiger partial charge on any atom is 0.387 e. The maximum atomic E-state index is 12.5. The summed E-state index contributed by atoms with van der Waals surface area (Å²) in [5.41, 5.74) is 0.889. The molecule has 0 bridgehead atoms. The van der Waals surface area contributed by atoms with E-state index in [4.69, 9.17) is 14.2 Å². The van der Waals surface area contributed by atoms with Gasteiger partial charge in [-0.05, 0) is 45.8 Å². The largest absolute Gasteiger partial charge is 0.495 e. The van der Waals surface area contributed by atoms with Gasteiger partial charge in [0.1, 0.15) is 16.0 Å². The predicted octanol–water partition coefficient (Wildman–Crippen LogP) is 4.01. The Morgan fingerprint density at radius 2 is 1.59 bits per heavy atom. The summed E-state index contributed by atoms with van der Waals surface area (Å²) in [7, 11) is 4.30. The smallest absolute Gasteiger partial charge is 0.387 e. The number of benzene rings is 2. The molecule has 1 amide bonds. The summed E-state index contributed by atoms with van der Waals surface area (Å²) >= 11 is 3.33. The van der Waals surface area contributed by atoms with Crippen LogP contribution in [-0.4, -0.2) is 33.8 Å². The summed E-state index contributed by atoms with van der Waals surface area (Å²) in [4.78, 5) is 12.4. The summed E-state index contributed by atoms with van der Waals surface area (Å²) in [6.07, 6.45) is 0. The molecule has 27 heavy (non-hydrogen) atoms. The van der Waals surface area contributed by atoms with Crippen molar-refractivity contribution in [2.75, 3.05) is 21.3 Å². The van der Waals surface area contributed by atoms with Gasteiger partial charge in [-0.15, -0.1) is 0 Å². The van der Waals surface area contributed by atoms with Gasteiger partial charge >= 0.3 is 6.61 Å². The molecule has 0 heterocycles. The van der Waals surface area contributed by atoms with Gasteiger partial charge in [0.05, 0.1) is 21.3 Å². The minimum Gasteiger partial charge on any atom is -0.495 e. The van der Waals surface area contributed by atoms with Gasteiger partial charge in [-0.1, -0.05) is 6.07 Å². The molecule has 0 saturated heterocycles. The molecule has 2 aromatic rings. The monoisotopic (exact) mass is 445 g/mol. The van der Waals surface area contributed by atoms with Crippen LogP contribution in [0.3, 0.4) is 0 Å². The van der Waals surface area contributed by atoms with E-state index in [0.29, 0.717) is 27.1 Å². The summed E-state index contributed by atoms with van der Waals surface area (Å²) < 4.78 is 45.4. The molecule has 0 fully saturated rings. The van der Waals surface area contributed by atoms with Gasteiger partial charge in [-0.2, -0.15) is 8.78 Å². The van der Waals surface area contributed by atoms with E-state index in [1.807, 2.05) is 0 Å².